The second kappa shape index (κ2) is 12.5. The molecule has 0 amide bonds. The number of halogens is 3. The van der Waals surface area contributed by atoms with E-state index in [1.165, 1.54) is 42.0 Å². The maximum atomic E-state index is 2.67. The van der Waals surface area contributed by atoms with Gasteiger partial charge in [-0.1, -0.05) is 0 Å². The van der Waals surface area contributed by atoms with Gasteiger partial charge in [-0.05, 0) is 0 Å². The SMILES string of the molecule is CCCC[Si](C)(C1=[C]([Ti+3])CC=C1C(C)C)c1c(C)c(C)c(C)c(C)c1C.[Cl-].[Cl-].[Cl-]. The van der Waals surface area contributed by atoms with Crippen LogP contribution in [0.1, 0.15) is 67.9 Å². The number of unbranched alkanes of at least 4 members (excludes halogenated alkanes) is 1. The number of benzene rings is 1. The van der Waals surface area contributed by atoms with Gasteiger partial charge >= 0.3 is 175 Å². The molecule has 0 saturated heterocycles. The van der Waals surface area contributed by atoms with E-state index < -0.39 is 8.07 Å². The molecule has 0 radical (unpaired) electrons. The molecule has 1 aliphatic carbocycles. The van der Waals surface area contributed by atoms with Gasteiger partial charge in [0.25, 0.3) is 0 Å². The minimum absolute atomic E-state index is 0. The van der Waals surface area contributed by atoms with Gasteiger partial charge in [-0.15, -0.1) is 0 Å². The van der Waals surface area contributed by atoms with E-state index >= 15 is 0 Å². The van der Waals surface area contributed by atoms with Crippen LogP contribution in [0.5, 0.6) is 0 Å². The molecule has 1 aromatic rings. The molecular weight excluding hydrogens is 471 g/mol. The van der Waals surface area contributed by atoms with Crippen molar-refractivity contribution in [2.45, 2.75) is 87.2 Å². The summed E-state index contributed by atoms with van der Waals surface area (Å²) in [6, 6.07) is 1.38. The van der Waals surface area contributed by atoms with Crippen LogP contribution in [0.4, 0.5) is 0 Å². The number of rotatable bonds is 6. The molecule has 0 N–H and O–H groups in total. The maximum Gasteiger partial charge on any atom is -1.00 e. The molecule has 0 heterocycles. The predicted molar refractivity (Wildman–Crippen MR) is 116 cm³/mol. The molecule has 1 atom stereocenters. The summed E-state index contributed by atoms with van der Waals surface area (Å²) in [6.45, 7) is 21.5. The number of hydrogen-bond donors (Lipinski definition) is 0. The van der Waals surface area contributed by atoms with Gasteiger partial charge in [-0.2, -0.15) is 0 Å². The van der Waals surface area contributed by atoms with Crippen molar-refractivity contribution in [3.05, 3.63) is 48.5 Å². The van der Waals surface area contributed by atoms with E-state index in [4.69, 9.17) is 0 Å². The van der Waals surface area contributed by atoms with Crippen molar-refractivity contribution in [3.8, 4) is 0 Å². The van der Waals surface area contributed by atoms with Gasteiger partial charge in [0.2, 0.25) is 0 Å². The molecular formula is C24H37Cl3SiTi. The second-order valence-electron chi connectivity index (χ2n) is 8.81. The number of hydrogen-bond acceptors (Lipinski definition) is 0. The second-order valence-corrected chi connectivity index (χ2v) is 13.9. The quantitative estimate of drug-likeness (QED) is 0.379. The zero-order valence-corrected chi connectivity index (χ0v) is 24.4. The number of allylic oxidation sites excluding steroid dienone is 4. The Morgan fingerprint density at radius 1 is 0.897 bits per heavy atom. The molecule has 0 saturated carbocycles. The van der Waals surface area contributed by atoms with Gasteiger partial charge in [-0.3, -0.25) is 0 Å². The summed E-state index contributed by atoms with van der Waals surface area (Å²) in [7, 11) is -1.77. The van der Waals surface area contributed by atoms with E-state index in [2.05, 4.69) is 88.4 Å². The van der Waals surface area contributed by atoms with Crippen molar-refractivity contribution < 1.29 is 57.7 Å². The molecule has 0 bridgehead atoms. The summed E-state index contributed by atoms with van der Waals surface area (Å²) < 4.78 is 1.65. The van der Waals surface area contributed by atoms with Crippen LogP contribution in [0.2, 0.25) is 12.6 Å². The molecule has 5 heteroatoms. The van der Waals surface area contributed by atoms with E-state index in [1.54, 1.807) is 31.0 Å². The fourth-order valence-corrected chi connectivity index (χ4v) is 12.3. The van der Waals surface area contributed by atoms with Crippen molar-refractivity contribution in [2.75, 3.05) is 0 Å². The van der Waals surface area contributed by atoms with Crippen LogP contribution in [0.15, 0.2) is 20.7 Å². The predicted octanol–water partition coefficient (Wildman–Crippen LogP) is -2.35. The third kappa shape index (κ3) is 5.85. The zero-order chi connectivity index (χ0) is 19.8. The Balaban J connectivity index is 0. The first-order valence-corrected chi connectivity index (χ1v) is 13.8. The van der Waals surface area contributed by atoms with Gasteiger partial charge in [0.05, 0.1) is 0 Å². The van der Waals surface area contributed by atoms with E-state index in [0.29, 0.717) is 5.92 Å². The Morgan fingerprint density at radius 3 is 1.76 bits per heavy atom. The monoisotopic (exact) mass is 506 g/mol. The van der Waals surface area contributed by atoms with Gasteiger partial charge in [-0.25, -0.2) is 0 Å². The van der Waals surface area contributed by atoms with Crippen LogP contribution in [0.3, 0.4) is 0 Å². The van der Waals surface area contributed by atoms with E-state index in [-0.39, 0.29) is 37.2 Å². The minimum Gasteiger partial charge on any atom is -1.00 e. The van der Waals surface area contributed by atoms with Gasteiger partial charge in [0.15, 0.2) is 0 Å². The van der Waals surface area contributed by atoms with Crippen LogP contribution >= 0.6 is 0 Å². The first kappa shape index (κ1) is 31.7. The maximum absolute atomic E-state index is 2.67. The topological polar surface area (TPSA) is 0 Å². The molecule has 0 nitrogen and oxygen atoms in total. The summed E-state index contributed by atoms with van der Waals surface area (Å²) >= 11 is 2.40. The molecule has 0 aliphatic heterocycles. The third-order valence-electron chi connectivity index (χ3n) is 6.87. The van der Waals surface area contributed by atoms with E-state index in [9.17, 15) is 0 Å². The van der Waals surface area contributed by atoms with Crippen molar-refractivity contribution in [2.24, 2.45) is 5.92 Å². The smallest absolute Gasteiger partial charge is 1.00 e. The Labute approximate surface area is 211 Å². The Bertz CT molecular complexity index is 752. The normalized spacial score (nSPS) is 15.4. The van der Waals surface area contributed by atoms with Gasteiger partial charge < -0.3 is 37.2 Å². The zero-order valence-electron chi connectivity index (χ0n) is 19.6. The van der Waals surface area contributed by atoms with Crippen LogP contribution in [0.25, 0.3) is 0 Å². The van der Waals surface area contributed by atoms with E-state index in [0.717, 1.165) is 0 Å². The third-order valence-corrected chi connectivity index (χ3v) is 12.9. The Morgan fingerprint density at radius 2 is 1.34 bits per heavy atom. The molecule has 0 aromatic heterocycles. The van der Waals surface area contributed by atoms with E-state index in [1.807, 2.05) is 0 Å². The van der Waals surface area contributed by atoms with Crippen molar-refractivity contribution >= 4 is 13.3 Å². The van der Waals surface area contributed by atoms with Crippen molar-refractivity contribution in [1.29, 1.82) is 0 Å². The first-order valence-electron chi connectivity index (χ1n) is 10.3. The Hall–Kier alpha value is 0.501. The molecule has 1 aromatic carbocycles. The first-order chi connectivity index (χ1) is 12.1. The minimum atomic E-state index is -1.77. The summed E-state index contributed by atoms with van der Waals surface area (Å²) in [6.07, 6.45) is 6.33. The van der Waals surface area contributed by atoms with Crippen LogP contribution in [-0.4, -0.2) is 8.07 Å². The summed E-state index contributed by atoms with van der Waals surface area (Å²) in [4.78, 5) is 0. The molecule has 1 aliphatic rings. The molecule has 29 heavy (non-hydrogen) atoms. The standard InChI is InChI=1S/C24H37Si.3ClH.Ti/c1-10-11-15-25(9,23-14-12-13-22(23)16(2)3)24-20(7)18(5)17(4)19(6)21(24)8;;;;/h13,16H,10-12,15H2,1-9H3;3*1H;/q;;;;+3/p-3. The summed E-state index contributed by atoms with van der Waals surface area (Å²) in [5, 5.41) is 3.53. The average molecular weight is 508 g/mol. The fraction of sp³-hybridized carbons (Fsp3) is 0.583. The Kier molecular flexibility index (Phi) is 13.7. The molecule has 1 unspecified atom stereocenters. The molecule has 0 spiro atoms. The molecule has 162 valence electrons. The van der Waals surface area contributed by atoms with Crippen molar-refractivity contribution in [3.63, 3.8) is 0 Å². The largest absolute Gasteiger partial charge is 1.00 e. The van der Waals surface area contributed by atoms with Gasteiger partial charge in [0, 0.05) is 0 Å². The summed E-state index contributed by atoms with van der Waals surface area (Å²) in [5.41, 5.74) is 9.33. The summed E-state index contributed by atoms with van der Waals surface area (Å²) in [5.74, 6) is 0.629. The van der Waals surface area contributed by atoms with Gasteiger partial charge in [0.1, 0.15) is 0 Å². The average Bonchev–Trinajstić information content (AvgIpc) is 2.99. The van der Waals surface area contributed by atoms with Crippen LogP contribution < -0.4 is 42.4 Å². The fourth-order valence-electron chi connectivity index (χ4n) is 5.00. The van der Waals surface area contributed by atoms with Crippen LogP contribution in [-0.2, 0) is 20.4 Å². The molecule has 0 fully saturated rings. The van der Waals surface area contributed by atoms with Crippen LogP contribution in [0, 0.1) is 40.5 Å². The van der Waals surface area contributed by atoms with Crippen molar-refractivity contribution in [1.82, 2.24) is 0 Å². The molecule has 2 rings (SSSR count).